The lowest BCUT2D eigenvalue weighted by Gasteiger charge is -2.11. The normalized spacial score (nSPS) is 16.8. The molecule has 3 rings (SSSR count). The van der Waals surface area contributed by atoms with Gasteiger partial charge >= 0.3 is 0 Å². The van der Waals surface area contributed by atoms with E-state index in [4.69, 9.17) is 16.3 Å². The molecule has 1 saturated heterocycles. The number of carbonyl (C=O) groups excluding carboxylic acids is 1. The van der Waals surface area contributed by atoms with Gasteiger partial charge in [0.1, 0.15) is 11.5 Å². The predicted octanol–water partition coefficient (Wildman–Crippen LogP) is 3.28. The number of halogens is 1. The lowest BCUT2D eigenvalue weighted by atomic mass is 10.2. The van der Waals surface area contributed by atoms with Crippen molar-refractivity contribution in [2.24, 2.45) is 0 Å². The van der Waals surface area contributed by atoms with Crippen LogP contribution in [0.1, 0.15) is 28.9 Å². The molecule has 0 saturated carbocycles. The first-order valence-corrected chi connectivity index (χ1v) is 8.24. The average molecular weight is 347 g/mol. The van der Waals surface area contributed by atoms with Crippen molar-refractivity contribution in [1.29, 1.82) is 0 Å². The van der Waals surface area contributed by atoms with E-state index in [0.29, 0.717) is 23.1 Å². The molecule has 2 aromatic rings. The molecular formula is C17H19ClN4O2. The van der Waals surface area contributed by atoms with Gasteiger partial charge in [-0.2, -0.15) is 0 Å². The number of aromatic nitrogens is 2. The summed E-state index contributed by atoms with van der Waals surface area (Å²) in [6, 6.07) is 5.29. The molecule has 1 fully saturated rings. The molecule has 1 unspecified atom stereocenters. The lowest BCUT2D eigenvalue weighted by molar-refractivity contribution is 0.102. The number of ether oxygens (including phenoxy) is 1. The molecular weight excluding hydrogens is 328 g/mol. The Hall–Kier alpha value is -2.18. The molecule has 0 spiro atoms. The second kappa shape index (κ2) is 7.59. The van der Waals surface area contributed by atoms with Crippen molar-refractivity contribution >= 4 is 29.0 Å². The fraction of sp³-hybridized carbons (Fsp3) is 0.353. The van der Waals surface area contributed by atoms with Crippen LogP contribution in [0.15, 0.2) is 30.6 Å². The van der Waals surface area contributed by atoms with Crippen LogP contribution in [0.2, 0.25) is 5.02 Å². The molecule has 0 bridgehead atoms. The monoisotopic (exact) mass is 346 g/mol. The highest BCUT2D eigenvalue weighted by atomic mass is 35.5. The molecule has 24 heavy (non-hydrogen) atoms. The molecule has 0 aliphatic carbocycles. The van der Waals surface area contributed by atoms with Crippen molar-refractivity contribution in [3.8, 4) is 0 Å². The highest BCUT2D eigenvalue weighted by molar-refractivity contribution is 6.30. The molecule has 126 valence electrons. The van der Waals surface area contributed by atoms with Crippen LogP contribution in [0.4, 0.5) is 11.5 Å². The topological polar surface area (TPSA) is 76.1 Å². The molecule has 1 aromatic heterocycles. The molecule has 2 heterocycles. The Bertz CT molecular complexity index is 715. The third kappa shape index (κ3) is 4.21. The summed E-state index contributed by atoms with van der Waals surface area (Å²) in [5, 5.41) is 6.61. The van der Waals surface area contributed by atoms with Crippen LogP contribution in [-0.2, 0) is 4.74 Å². The summed E-state index contributed by atoms with van der Waals surface area (Å²) in [6.07, 6.45) is 5.39. The number of amides is 1. The minimum Gasteiger partial charge on any atom is -0.376 e. The minimum atomic E-state index is -0.307. The number of carbonyl (C=O) groups is 1. The highest BCUT2D eigenvalue weighted by Gasteiger charge is 2.15. The number of benzene rings is 1. The average Bonchev–Trinajstić information content (AvgIpc) is 3.09. The Balaban J connectivity index is 1.58. The molecule has 6 nitrogen and oxygen atoms in total. The number of aryl methyl sites for hydroxylation is 1. The number of nitrogens with zero attached hydrogens (tertiary/aromatic N) is 2. The molecule has 0 radical (unpaired) electrons. The minimum absolute atomic E-state index is 0.225. The van der Waals surface area contributed by atoms with Gasteiger partial charge in [0.25, 0.3) is 5.91 Å². The van der Waals surface area contributed by atoms with Gasteiger partial charge in [0.2, 0.25) is 0 Å². The van der Waals surface area contributed by atoms with Crippen LogP contribution in [0, 0.1) is 6.92 Å². The van der Waals surface area contributed by atoms with E-state index in [2.05, 4.69) is 20.6 Å². The van der Waals surface area contributed by atoms with Gasteiger partial charge in [0, 0.05) is 23.9 Å². The lowest BCUT2D eigenvalue weighted by Crippen LogP contribution is -2.19. The maximum absolute atomic E-state index is 12.2. The SMILES string of the molecule is Cc1cc(Cl)ccc1NC(=O)c1cnc(NCC2CCCO2)cn1. The number of nitrogens with one attached hydrogen (secondary N) is 2. The van der Waals surface area contributed by atoms with Crippen LogP contribution in [0.25, 0.3) is 0 Å². The predicted molar refractivity (Wildman–Crippen MR) is 93.6 cm³/mol. The van der Waals surface area contributed by atoms with E-state index in [1.54, 1.807) is 24.4 Å². The second-order valence-electron chi connectivity index (χ2n) is 5.72. The van der Waals surface area contributed by atoms with E-state index in [1.807, 2.05) is 6.92 Å². The van der Waals surface area contributed by atoms with Crippen molar-refractivity contribution < 1.29 is 9.53 Å². The summed E-state index contributed by atoms with van der Waals surface area (Å²) in [5.74, 6) is 0.323. The Morgan fingerprint density at radius 1 is 1.38 bits per heavy atom. The summed E-state index contributed by atoms with van der Waals surface area (Å²) >= 11 is 5.91. The summed E-state index contributed by atoms with van der Waals surface area (Å²) in [7, 11) is 0. The van der Waals surface area contributed by atoms with Crippen LogP contribution in [-0.4, -0.2) is 35.1 Å². The summed E-state index contributed by atoms with van der Waals surface area (Å²) in [5.41, 5.74) is 1.84. The van der Waals surface area contributed by atoms with Crippen LogP contribution >= 0.6 is 11.6 Å². The molecule has 1 aliphatic rings. The van der Waals surface area contributed by atoms with Gasteiger partial charge in [-0.15, -0.1) is 0 Å². The van der Waals surface area contributed by atoms with Gasteiger partial charge in [0.15, 0.2) is 0 Å². The Morgan fingerprint density at radius 3 is 2.92 bits per heavy atom. The molecule has 1 aliphatic heterocycles. The van der Waals surface area contributed by atoms with Crippen molar-refractivity contribution in [2.45, 2.75) is 25.9 Å². The third-order valence-electron chi connectivity index (χ3n) is 3.86. The van der Waals surface area contributed by atoms with Crippen molar-refractivity contribution in [3.05, 3.63) is 46.9 Å². The third-order valence-corrected chi connectivity index (χ3v) is 4.09. The van der Waals surface area contributed by atoms with Gasteiger partial charge in [-0.3, -0.25) is 4.79 Å². The van der Waals surface area contributed by atoms with E-state index in [0.717, 1.165) is 25.0 Å². The van der Waals surface area contributed by atoms with Gasteiger partial charge < -0.3 is 15.4 Å². The van der Waals surface area contributed by atoms with Crippen LogP contribution < -0.4 is 10.6 Å². The quantitative estimate of drug-likeness (QED) is 0.868. The number of hydrogen-bond acceptors (Lipinski definition) is 5. The molecule has 1 aromatic carbocycles. The number of rotatable bonds is 5. The molecule has 2 N–H and O–H groups in total. The highest BCUT2D eigenvalue weighted by Crippen LogP contribution is 2.20. The van der Waals surface area contributed by atoms with Crippen LogP contribution in [0.5, 0.6) is 0 Å². The Kier molecular flexibility index (Phi) is 5.27. The van der Waals surface area contributed by atoms with Crippen LogP contribution in [0.3, 0.4) is 0 Å². The fourth-order valence-corrected chi connectivity index (χ4v) is 2.74. The van der Waals surface area contributed by atoms with E-state index < -0.39 is 0 Å². The largest absolute Gasteiger partial charge is 0.376 e. The van der Waals surface area contributed by atoms with E-state index in [9.17, 15) is 4.79 Å². The van der Waals surface area contributed by atoms with Gasteiger partial charge in [-0.05, 0) is 43.5 Å². The molecule has 7 heteroatoms. The van der Waals surface area contributed by atoms with Gasteiger partial charge in [-0.25, -0.2) is 9.97 Å². The fourth-order valence-electron chi connectivity index (χ4n) is 2.51. The first-order valence-electron chi connectivity index (χ1n) is 7.87. The Labute approximate surface area is 145 Å². The first kappa shape index (κ1) is 16.7. The van der Waals surface area contributed by atoms with Gasteiger partial charge in [-0.1, -0.05) is 11.6 Å². The zero-order valence-electron chi connectivity index (χ0n) is 13.4. The smallest absolute Gasteiger partial charge is 0.275 e. The van der Waals surface area contributed by atoms with Crippen molar-refractivity contribution in [3.63, 3.8) is 0 Å². The maximum Gasteiger partial charge on any atom is 0.275 e. The Morgan fingerprint density at radius 2 is 2.25 bits per heavy atom. The summed E-state index contributed by atoms with van der Waals surface area (Å²) in [4.78, 5) is 20.6. The van der Waals surface area contributed by atoms with E-state index >= 15 is 0 Å². The number of hydrogen-bond donors (Lipinski definition) is 2. The summed E-state index contributed by atoms with van der Waals surface area (Å²) in [6.45, 7) is 3.40. The van der Waals surface area contributed by atoms with E-state index in [1.165, 1.54) is 6.20 Å². The standard InChI is InChI=1S/C17H19ClN4O2/c1-11-7-12(18)4-5-14(11)22-17(23)15-9-21-16(10-19-15)20-8-13-3-2-6-24-13/h4-5,7,9-10,13H,2-3,6,8H2,1H3,(H,20,21)(H,22,23). The molecule has 1 amide bonds. The molecule has 1 atom stereocenters. The van der Waals surface area contributed by atoms with Crippen molar-refractivity contribution in [2.75, 3.05) is 23.8 Å². The number of anilines is 2. The first-order chi connectivity index (χ1) is 11.6. The van der Waals surface area contributed by atoms with Crippen molar-refractivity contribution in [1.82, 2.24) is 9.97 Å². The van der Waals surface area contributed by atoms with E-state index in [-0.39, 0.29) is 17.7 Å². The second-order valence-corrected chi connectivity index (χ2v) is 6.15. The zero-order chi connectivity index (χ0) is 16.9. The van der Waals surface area contributed by atoms with Gasteiger partial charge in [0.05, 0.1) is 18.5 Å². The summed E-state index contributed by atoms with van der Waals surface area (Å²) < 4.78 is 5.54. The zero-order valence-corrected chi connectivity index (χ0v) is 14.1. The maximum atomic E-state index is 12.2.